The number of ether oxygens (including phenoxy) is 1. The highest BCUT2D eigenvalue weighted by molar-refractivity contribution is 5.98. The number of H-pyrrole nitrogens is 1. The van der Waals surface area contributed by atoms with Gasteiger partial charge < -0.3 is 19.5 Å². The minimum absolute atomic E-state index is 0.284. The van der Waals surface area contributed by atoms with Crippen LogP contribution in [-0.4, -0.2) is 45.8 Å². The molecule has 5 rings (SSSR count). The van der Waals surface area contributed by atoms with Gasteiger partial charge in [-0.25, -0.2) is 0 Å². The van der Waals surface area contributed by atoms with Crippen LogP contribution >= 0.6 is 0 Å². The summed E-state index contributed by atoms with van der Waals surface area (Å²) in [5.41, 5.74) is 2.96. The molecule has 0 atom stereocenters. The van der Waals surface area contributed by atoms with E-state index in [-0.39, 0.29) is 6.01 Å². The molecule has 1 fully saturated rings. The molecule has 8 heteroatoms. The van der Waals surface area contributed by atoms with Crippen molar-refractivity contribution < 1.29 is 9.57 Å². The van der Waals surface area contributed by atoms with Crippen LogP contribution in [0.2, 0.25) is 0 Å². The van der Waals surface area contributed by atoms with Crippen molar-refractivity contribution >= 4 is 22.9 Å². The molecule has 1 aliphatic rings. The fourth-order valence-electron chi connectivity index (χ4n) is 3.92. The molecule has 0 bridgehead atoms. The molecule has 182 valence electrons. The van der Waals surface area contributed by atoms with E-state index in [4.69, 9.17) is 9.57 Å². The van der Waals surface area contributed by atoms with Crippen LogP contribution in [0.4, 0.5) is 5.82 Å². The Labute approximate surface area is 206 Å². The van der Waals surface area contributed by atoms with E-state index in [9.17, 15) is 0 Å². The number of nitrogens with zero attached hydrogens (tertiary/aromatic N) is 5. The number of anilines is 1. The lowest BCUT2D eigenvalue weighted by Gasteiger charge is -2.27. The first-order valence-electron chi connectivity index (χ1n) is 12.3. The van der Waals surface area contributed by atoms with Crippen LogP contribution in [-0.2, 0) is 6.42 Å². The molecule has 4 heterocycles. The van der Waals surface area contributed by atoms with Gasteiger partial charge in [-0.3, -0.25) is 4.98 Å². The molecule has 0 spiro atoms. The number of piperidine rings is 1. The summed E-state index contributed by atoms with van der Waals surface area (Å²) in [7, 11) is 0. The Morgan fingerprint density at radius 3 is 2.69 bits per heavy atom. The van der Waals surface area contributed by atoms with Crippen LogP contribution in [0.15, 0.2) is 66.1 Å². The SMILES string of the molecule is C(=N\Oc1cc(N2CCCCC2)nc(OCCc2ccccn2)n1)/c1c[nH]c2ccccc12.CC. The standard InChI is InChI=1S/C25H26N6O2.C2H6/c1-6-13-31(14-7-1)23-16-24(30-25(29-23)32-15-11-20-8-4-5-12-26-20)33-28-18-19-17-27-22-10-3-2-9-21(19)22;1-2/h2-5,8-10,12,16-18,27H,1,6-7,11,13-15H2;1-2H3/b28-18+;. The summed E-state index contributed by atoms with van der Waals surface area (Å²) in [6.07, 6.45) is 9.58. The zero-order valence-corrected chi connectivity index (χ0v) is 20.4. The highest BCUT2D eigenvalue weighted by Crippen LogP contribution is 2.24. The summed E-state index contributed by atoms with van der Waals surface area (Å²) in [5, 5.41) is 5.25. The lowest BCUT2D eigenvalue weighted by molar-refractivity contribution is 0.278. The average Bonchev–Trinajstić information content (AvgIpc) is 3.34. The largest absolute Gasteiger partial charge is 0.463 e. The van der Waals surface area contributed by atoms with E-state index >= 15 is 0 Å². The molecule has 1 saturated heterocycles. The van der Waals surface area contributed by atoms with Crippen LogP contribution in [0.1, 0.15) is 44.4 Å². The number of hydrogen-bond acceptors (Lipinski definition) is 7. The maximum absolute atomic E-state index is 5.87. The number of aromatic amines is 1. The highest BCUT2D eigenvalue weighted by atomic mass is 16.6. The Hall–Kier alpha value is -3.94. The Morgan fingerprint density at radius 2 is 1.86 bits per heavy atom. The quantitative estimate of drug-likeness (QED) is 0.273. The third kappa shape index (κ3) is 6.56. The van der Waals surface area contributed by atoms with Gasteiger partial charge in [0.25, 0.3) is 5.88 Å². The van der Waals surface area contributed by atoms with Crippen LogP contribution in [0.3, 0.4) is 0 Å². The summed E-state index contributed by atoms with van der Waals surface area (Å²) < 4.78 is 5.87. The maximum Gasteiger partial charge on any atom is 0.321 e. The fourth-order valence-corrected chi connectivity index (χ4v) is 3.92. The number of aromatic nitrogens is 4. The van der Waals surface area contributed by atoms with Gasteiger partial charge in [-0.2, -0.15) is 9.97 Å². The lowest BCUT2D eigenvalue weighted by Crippen LogP contribution is -2.30. The van der Waals surface area contributed by atoms with Gasteiger partial charge in [0, 0.05) is 60.1 Å². The zero-order chi connectivity index (χ0) is 24.3. The van der Waals surface area contributed by atoms with E-state index < -0.39 is 0 Å². The Kier molecular flexibility index (Phi) is 8.64. The molecule has 0 radical (unpaired) electrons. The predicted molar refractivity (Wildman–Crippen MR) is 139 cm³/mol. The smallest absolute Gasteiger partial charge is 0.321 e. The van der Waals surface area contributed by atoms with E-state index in [1.165, 1.54) is 6.42 Å². The van der Waals surface area contributed by atoms with Crippen molar-refractivity contribution in [3.8, 4) is 11.9 Å². The van der Waals surface area contributed by atoms with Gasteiger partial charge in [0.15, 0.2) is 0 Å². The minimum Gasteiger partial charge on any atom is -0.463 e. The molecular formula is C27H32N6O2. The van der Waals surface area contributed by atoms with Gasteiger partial charge in [0.1, 0.15) is 5.82 Å². The van der Waals surface area contributed by atoms with Crippen molar-refractivity contribution in [3.05, 3.63) is 72.2 Å². The van der Waals surface area contributed by atoms with Gasteiger partial charge >= 0.3 is 6.01 Å². The van der Waals surface area contributed by atoms with E-state index in [1.807, 2.05) is 68.6 Å². The normalized spacial score (nSPS) is 13.5. The number of nitrogens with one attached hydrogen (secondary N) is 1. The van der Waals surface area contributed by atoms with Gasteiger partial charge in [0.05, 0.1) is 12.8 Å². The zero-order valence-electron chi connectivity index (χ0n) is 20.4. The van der Waals surface area contributed by atoms with Crippen LogP contribution in [0, 0.1) is 0 Å². The van der Waals surface area contributed by atoms with Crippen molar-refractivity contribution in [2.75, 3.05) is 24.6 Å². The fraction of sp³-hybridized carbons (Fsp3) is 0.333. The van der Waals surface area contributed by atoms with Crippen LogP contribution in [0.25, 0.3) is 10.9 Å². The molecule has 4 aromatic rings. The summed E-state index contributed by atoms with van der Waals surface area (Å²) in [6, 6.07) is 16.0. The number of fused-ring (bicyclic) bond motifs is 1. The molecular weight excluding hydrogens is 440 g/mol. The topological polar surface area (TPSA) is 88.5 Å². The Morgan fingerprint density at radius 1 is 1.03 bits per heavy atom. The molecule has 1 N–H and O–H groups in total. The molecule has 0 unspecified atom stereocenters. The summed E-state index contributed by atoms with van der Waals surface area (Å²) in [5.74, 6) is 1.16. The first-order chi connectivity index (χ1) is 17.3. The molecule has 0 amide bonds. The number of oxime groups is 1. The second-order valence-electron chi connectivity index (χ2n) is 7.93. The van der Waals surface area contributed by atoms with E-state index in [1.54, 1.807) is 12.4 Å². The van der Waals surface area contributed by atoms with E-state index in [0.717, 1.165) is 53.9 Å². The Bertz CT molecular complexity index is 1220. The van der Waals surface area contributed by atoms with Crippen molar-refractivity contribution in [3.63, 3.8) is 0 Å². The summed E-state index contributed by atoms with van der Waals surface area (Å²) >= 11 is 0. The van der Waals surface area contributed by atoms with E-state index in [2.05, 4.69) is 30.0 Å². The van der Waals surface area contributed by atoms with Gasteiger partial charge in [-0.1, -0.05) is 43.3 Å². The maximum atomic E-state index is 5.87. The van der Waals surface area contributed by atoms with Gasteiger partial charge in [-0.15, -0.1) is 0 Å². The molecule has 3 aromatic heterocycles. The minimum atomic E-state index is 0.284. The molecule has 8 nitrogen and oxygen atoms in total. The number of rotatable bonds is 8. The number of pyridine rings is 1. The van der Waals surface area contributed by atoms with Crippen molar-refractivity contribution in [2.24, 2.45) is 5.16 Å². The summed E-state index contributed by atoms with van der Waals surface area (Å²) in [4.78, 5) is 24.5. The van der Waals surface area contributed by atoms with Crippen LogP contribution < -0.4 is 14.5 Å². The first-order valence-corrected chi connectivity index (χ1v) is 12.3. The average molecular weight is 473 g/mol. The number of hydrogen-bond donors (Lipinski definition) is 1. The second kappa shape index (κ2) is 12.5. The monoisotopic (exact) mass is 472 g/mol. The second-order valence-corrected chi connectivity index (χ2v) is 7.93. The van der Waals surface area contributed by atoms with Gasteiger partial charge in [0.2, 0.25) is 0 Å². The van der Waals surface area contributed by atoms with Gasteiger partial charge in [-0.05, 0) is 37.5 Å². The van der Waals surface area contributed by atoms with Crippen molar-refractivity contribution in [1.82, 2.24) is 19.9 Å². The molecule has 0 aliphatic carbocycles. The van der Waals surface area contributed by atoms with Crippen molar-refractivity contribution in [2.45, 2.75) is 39.5 Å². The third-order valence-electron chi connectivity index (χ3n) is 5.62. The predicted octanol–water partition coefficient (Wildman–Crippen LogP) is 5.40. The first kappa shape index (κ1) is 24.2. The lowest BCUT2D eigenvalue weighted by atomic mass is 10.1. The number of benzene rings is 1. The van der Waals surface area contributed by atoms with E-state index in [0.29, 0.717) is 18.9 Å². The molecule has 1 aromatic carbocycles. The Balaban J connectivity index is 0.00000141. The van der Waals surface area contributed by atoms with Crippen molar-refractivity contribution in [1.29, 1.82) is 0 Å². The summed E-state index contributed by atoms with van der Waals surface area (Å²) in [6.45, 7) is 6.35. The third-order valence-corrected chi connectivity index (χ3v) is 5.62. The molecule has 1 aliphatic heterocycles. The molecule has 35 heavy (non-hydrogen) atoms. The molecule has 0 saturated carbocycles. The van der Waals surface area contributed by atoms with Crippen LogP contribution in [0.5, 0.6) is 11.9 Å². The number of para-hydroxylation sites is 1. The highest BCUT2D eigenvalue weighted by Gasteiger charge is 2.16.